The maximum atomic E-state index is 12.5. The van der Waals surface area contributed by atoms with E-state index in [1.54, 1.807) is 13.1 Å². The Labute approximate surface area is 198 Å². The Morgan fingerprint density at radius 2 is 1.88 bits per heavy atom. The maximum absolute atomic E-state index is 12.5. The molecule has 34 heavy (non-hydrogen) atoms. The van der Waals surface area contributed by atoms with Crippen LogP contribution in [0.1, 0.15) is 44.1 Å². The molecule has 1 fully saturated rings. The summed E-state index contributed by atoms with van der Waals surface area (Å²) in [7, 11) is 0. The second kappa shape index (κ2) is 10.4. The molecule has 178 valence electrons. The topological polar surface area (TPSA) is 107 Å². The van der Waals surface area contributed by atoms with Crippen molar-refractivity contribution >= 4 is 23.6 Å². The monoisotopic (exact) mass is 464 g/mol. The van der Waals surface area contributed by atoms with Crippen LogP contribution in [0.2, 0.25) is 0 Å². The van der Waals surface area contributed by atoms with Crippen molar-refractivity contribution in [2.24, 2.45) is 0 Å². The Morgan fingerprint density at radius 3 is 2.53 bits per heavy atom. The lowest BCUT2D eigenvalue weighted by molar-refractivity contribution is -0.147. The summed E-state index contributed by atoms with van der Waals surface area (Å²) in [6.45, 7) is 6.50. The SMILES string of the molecule is CC(=O)OC1CCN(c2ccc(-c3onc(C)c3NC(=O)OC(C)c3ccccc3)cn2)CC1. The summed E-state index contributed by atoms with van der Waals surface area (Å²) in [5, 5.41) is 6.76. The molecule has 1 unspecified atom stereocenters. The van der Waals surface area contributed by atoms with Crippen LogP contribution in [-0.2, 0) is 14.3 Å². The lowest BCUT2D eigenvalue weighted by atomic mass is 10.1. The Kier molecular flexibility index (Phi) is 7.10. The first-order valence-electron chi connectivity index (χ1n) is 11.3. The molecule has 1 atom stereocenters. The van der Waals surface area contributed by atoms with E-state index in [4.69, 9.17) is 14.0 Å². The molecule has 2 aromatic heterocycles. The largest absolute Gasteiger partial charge is 0.462 e. The van der Waals surface area contributed by atoms with E-state index < -0.39 is 12.2 Å². The maximum Gasteiger partial charge on any atom is 0.412 e. The van der Waals surface area contributed by atoms with Gasteiger partial charge in [0, 0.05) is 44.6 Å². The first-order valence-corrected chi connectivity index (χ1v) is 11.3. The van der Waals surface area contributed by atoms with Crippen LogP contribution in [0.25, 0.3) is 11.3 Å². The summed E-state index contributed by atoms with van der Waals surface area (Å²) in [6.07, 6.45) is 2.18. The number of benzene rings is 1. The minimum Gasteiger partial charge on any atom is -0.462 e. The normalized spacial score (nSPS) is 15.0. The number of amides is 1. The second-order valence-corrected chi connectivity index (χ2v) is 8.26. The summed E-state index contributed by atoms with van der Waals surface area (Å²) in [5.41, 5.74) is 2.57. The Morgan fingerprint density at radius 1 is 1.15 bits per heavy atom. The van der Waals surface area contributed by atoms with Crippen LogP contribution < -0.4 is 10.2 Å². The fourth-order valence-corrected chi connectivity index (χ4v) is 3.94. The van der Waals surface area contributed by atoms with Gasteiger partial charge in [-0.2, -0.15) is 0 Å². The quantitative estimate of drug-likeness (QED) is 0.514. The molecule has 4 rings (SSSR count). The van der Waals surface area contributed by atoms with E-state index >= 15 is 0 Å². The Bertz CT molecular complexity index is 1120. The molecule has 9 nitrogen and oxygen atoms in total. The molecule has 1 N–H and O–H groups in total. The molecule has 3 aromatic rings. The summed E-state index contributed by atoms with van der Waals surface area (Å²) in [6, 6.07) is 13.3. The molecule has 3 heterocycles. The third kappa shape index (κ3) is 5.54. The van der Waals surface area contributed by atoms with Gasteiger partial charge in [0.05, 0.1) is 0 Å². The zero-order valence-corrected chi connectivity index (χ0v) is 19.5. The third-order valence-electron chi connectivity index (χ3n) is 5.75. The highest BCUT2D eigenvalue weighted by atomic mass is 16.6. The van der Waals surface area contributed by atoms with E-state index in [0.717, 1.165) is 37.3 Å². The molecule has 0 radical (unpaired) electrons. The summed E-state index contributed by atoms with van der Waals surface area (Å²) in [5.74, 6) is 0.993. The molecule has 0 bridgehead atoms. The number of hydrogen-bond acceptors (Lipinski definition) is 8. The minimum atomic E-state index is -0.593. The number of carbonyl (C=O) groups is 2. The van der Waals surface area contributed by atoms with Crippen molar-refractivity contribution in [3.8, 4) is 11.3 Å². The number of nitrogens with one attached hydrogen (secondary N) is 1. The Hall–Kier alpha value is -3.88. The van der Waals surface area contributed by atoms with Crippen molar-refractivity contribution in [2.45, 2.75) is 45.8 Å². The second-order valence-electron chi connectivity index (χ2n) is 8.26. The van der Waals surface area contributed by atoms with E-state index in [1.165, 1.54) is 6.92 Å². The van der Waals surface area contributed by atoms with Crippen LogP contribution in [-0.4, -0.2) is 41.4 Å². The van der Waals surface area contributed by atoms with Gasteiger partial charge in [-0.3, -0.25) is 10.1 Å². The molecular formula is C25H28N4O5. The number of carbonyl (C=O) groups excluding carboxylic acids is 2. The van der Waals surface area contributed by atoms with Crippen molar-refractivity contribution in [1.29, 1.82) is 0 Å². The van der Waals surface area contributed by atoms with Gasteiger partial charge in [0.25, 0.3) is 0 Å². The fraction of sp³-hybridized carbons (Fsp3) is 0.360. The fourth-order valence-electron chi connectivity index (χ4n) is 3.94. The molecule has 1 amide bonds. The van der Waals surface area contributed by atoms with Gasteiger partial charge < -0.3 is 18.9 Å². The van der Waals surface area contributed by atoms with Crippen LogP contribution >= 0.6 is 0 Å². The van der Waals surface area contributed by atoms with Crippen LogP contribution in [0.4, 0.5) is 16.3 Å². The highest BCUT2D eigenvalue weighted by molar-refractivity contribution is 5.90. The lowest BCUT2D eigenvalue weighted by Gasteiger charge is -2.32. The molecule has 1 aliphatic rings. The Balaban J connectivity index is 1.40. The number of pyridine rings is 1. The predicted molar refractivity (Wildman–Crippen MR) is 126 cm³/mol. The molecule has 0 saturated carbocycles. The van der Waals surface area contributed by atoms with E-state index in [-0.39, 0.29) is 12.1 Å². The first kappa shape index (κ1) is 23.3. The molecule has 0 aliphatic carbocycles. The predicted octanol–water partition coefficient (Wildman–Crippen LogP) is 4.89. The van der Waals surface area contributed by atoms with E-state index in [2.05, 4.69) is 20.4 Å². The number of piperidine rings is 1. The highest BCUT2D eigenvalue weighted by Crippen LogP contribution is 2.32. The van der Waals surface area contributed by atoms with E-state index in [0.29, 0.717) is 22.7 Å². The molecule has 1 aromatic carbocycles. The number of rotatable bonds is 6. The average Bonchev–Trinajstić information content (AvgIpc) is 3.19. The number of aromatic nitrogens is 2. The number of aryl methyl sites for hydroxylation is 1. The van der Waals surface area contributed by atoms with E-state index in [9.17, 15) is 9.59 Å². The number of nitrogens with zero attached hydrogens (tertiary/aromatic N) is 3. The van der Waals surface area contributed by atoms with Crippen LogP contribution in [0, 0.1) is 6.92 Å². The van der Waals surface area contributed by atoms with Crippen molar-refractivity contribution < 1.29 is 23.6 Å². The van der Waals surface area contributed by atoms with Gasteiger partial charge in [-0.1, -0.05) is 35.5 Å². The van der Waals surface area contributed by atoms with Gasteiger partial charge in [0.2, 0.25) is 0 Å². The zero-order chi connectivity index (χ0) is 24.1. The van der Waals surface area contributed by atoms with Crippen molar-refractivity contribution in [3.63, 3.8) is 0 Å². The van der Waals surface area contributed by atoms with Gasteiger partial charge in [0.1, 0.15) is 29.4 Å². The smallest absolute Gasteiger partial charge is 0.412 e. The van der Waals surface area contributed by atoms with Crippen LogP contribution in [0.3, 0.4) is 0 Å². The summed E-state index contributed by atoms with van der Waals surface area (Å²) in [4.78, 5) is 30.4. The third-order valence-corrected chi connectivity index (χ3v) is 5.75. The zero-order valence-electron chi connectivity index (χ0n) is 19.5. The summed E-state index contributed by atoms with van der Waals surface area (Å²) < 4.78 is 16.3. The molecule has 0 spiro atoms. The van der Waals surface area contributed by atoms with Gasteiger partial charge in [0.15, 0.2) is 5.76 Å². The molecule has 1 saturated heterocycles. The molecular weight excluding hydrogens is 436 g/mol. The van der Waals surface area contributed by atoms with Crippen LogP contribution in [0.15, 0.2) is 53.2 Å². The lowest BCUT2D eigenvalue weighted by Crippen LogP contribution is -2.38. The van der Waals surface area contributed by atoms with E-state index in [1.807, 2.05) is 49.4 Å². The van der Waals surface area contributed by atoms with Gasteiger partial charge in [-0.05, 0) is 31.5 Å². The number of anilines is 2. The highest BCUT2D eigenvalue weighted by Gasteiger charge is 2.23. The van der Waals surface area contributed by atoms with Crippen LogP contribution in [0.5, 0.6) is 0 Å². The number of hydrogen-bond donors (Lipinski definition) is 1. The number of ether oxygens (including phenoxy) is 2. The van der Waals surface area contributed by atoms with Crippen molar-refractivity contribution in [2.75, 3.05) is 23.3 Å². The molecule has 1 aliphatic heterocycles. The first-order chi connectivity index (χ1) is 16.4. The van der Waals surface area contributed by atoms with Gasteiger partial charge in [-0.15, -0.1) is 0 Å². The standard InChI is InChI=1S/C25H28N4O5/c1-16-23(27-25(31)32-17(2)19-7-5-4-6-8-19)24(34-28-16)20-9-10-22(26-15-20)29-13-11-21(12-14-29)33-18(3)30/h4-10,15,17,21H,11-14H2,1-3H3,(H,27,31). The molecule has 9 heteroatoms. The minimum absolute atomic E-state index is 0.0387. The summed E-state index contributed by atoms with van der Waals surface area (Å²) >= 11 is 0. The number of esters is 1. The van der Waals surface area contributed by atoms with Gasteiger partial charge in [-0.25, -0.2) is 9.78 Å². The van der Waals surface area contributed by atoms with Crippen molar-refractivity contribution in [1.82, 2.24) is 10.1 Å². The average molecular weight is 465 g/mol. The van der Waals surface area contributed by atoms with Crippen molar-refractivity contribution in [3.05, 3.63) is 59.9 Å². The van der Waals surface area contributed by atoms with Gasteiger partial charge >= 0.3 is 12.1 Å².